The normalized spacial score (nSPS) is 17.1. The van der Waals surface area contributed by atoms with Crippen molar-refractivity contribution in [3.8, 4) is 17.2 Å². The molecule has 23 heavy (non-hydrogen) atoms. The molecule has 1 aliphatic heterocycles. The molecular weight excluding hydrogens is 320 g/mol. The van der Waals surface area contributed by atoms with Crippen LogP contribution in [0.3, 0.4) is 0 Å². The van der Waals surface area contributed by atoms with E-state index in [1.54, 1.807) is 12.1 Å². The SMILES string of the molecule is COc1cc(C(=O)SC2=NC(C)CC(=O)N2)cc(OC)c1OC. The third kappa shape index (κ3) is 3.95. The van der Waals surface area contributed by atoms with Crippen molar-refractivity contribution >= 4 is 28.0 Å². The van der Waals surface area contributed by atoms with Gasteiger partial charge in [0.15, 0.2) is 16.7 Å². The second-order valence-electron chi connectivity index (χ2n) is 4.84. The van der Waals surface area contributed by atoms with Gasteiger partial charge in [0.2, 0.25) is 16.8 Å². The van der Waals surface area contributed by atoms with Gasteiger partial charge in [0, 0.05) is 12.0 Å². The maximum atomic E-state index is 12.4. The Morgan fingerprint density at radius 1 is 1.22 bits per heavy atom. The number of carbonyl (C=O) groups excluding carboxylic acids is 2. The van der Waals surface area contributed by atoms with E-state index in [0.29, 0.717) is 34.4 Å². The van der Waals surface area contributed by atoms with Gasteiger partial charge in [-0.15, -0.1) is 0 Å². The summed E-state index contributed by atoms with van der Waals surface area (Å²) in [5.74, 6) is 1.04. The van der Waals surface area contributed by atoms with Crippen LogP contribution in [0.25, 0.3) is 0 Å². The fraction of sp³-hybridized carbons (Fsp3) is 0.400. The van der Waals surface area contributed by atoms with Crippen LogP contribution >= 0.6 is 11.8 Å². The van der Waals surface area contributed by atoms with Gasteiger partial charge in [0.05, 0.1) is 27.4 Å². The summed E-state index contributed by atoms with van der Waals surface area (Å²) >= 11 is 0.860. The fourth-order valence-electron chi connectivity index (χ4n) is 2.11. The molecule has 0 aliphatic carbocycles. The number of ether oxygens (including phenoxy) is 3. The van der Waals surface area contributed by atoms with Crippen molar-refractivity contribution in [3.05, 3.63) is 17.7 Å². The van der Waals surface area contributed by atoms with Crippen LogP contribution in [0.5, 0.6) is 17.2 Å². The number of hydrogen-bond acceptors (Lipinski definition) is 7. The van der Waals surface area contributed by atoms with Gasteiger partial charge in [-0.2, -0.15) is 0 Å². The van der Waals surface area contributed by atoms with E-state index in [9.17, 15) is 9.59 Å². The lowest BCUT2D eigenvalue weighted by Crippen LogP contribution is -2.36. The Hall–Kier alpha value is -2.22. The Kier molecular flexibility index (Phi) is 5.49. The number of nitrogens with zero attached hydrogens (tertiary/aromatic N) is 1. The number of rotatable bonds is 4. The maximum Gasteiger partial charge on any atom is 0.228 e. The van der Waals surface area contributed by atoms with E-state index in [0.717, 1.165) is 11.8 Å². The van der Waals surface area contributed by atoms with E-state index in [4.69, 9.17) is 14.2 Å². The summed E-state index contributed by atoms with van der Waals surface area (Å²) in [7, 11) is 4.45. The number of carbonyl (C=O) groups is 2. The molecule has 1 N–H and O–H groups in total. The highest BCUT2D eigenvalue weighted by atomic mass is 32.2. The number of thioether (sulfide) groups is 1. The Morgan fingerprint density at radius 2 is 1.83 bits per heavy atom. The largest absolute Gasteiger partial charge is 0.493 e. The van der Waals surface area contributed by atoms with E-state index in [2.05, 4.69) is 10.3 Å². The molecule has 1 atom stereocenters. The Bertz CT molecular complexity index is 634. The first-order valence-corrected chi connectivity index (χ1v) is 7.70. The highest BCUT2D eigenvalue weighted by Gasteiger charge is 2.23. The molecule has 0 saturated carbocycles. The number of amides is 1. The molecule has 1 aromatic rings. The first-order chi connectivity index (χ1) is 11.0. The van der Waals surface area contributed by atoms with Gasteiger partial charge < -0.3 is 19.5 Å². The van der Waals surface area contributed by atoms with Crippen molar-refractivity contribution in [2.75, 3.05) is 21.3 Å². The minimum atomic E-state index is -0.280. The lowest BCUT2D eigenvalue weighted by atomic mass is 10.2. The van der Waals surface area contributed by atoms with Gasteiger partial charge in [0.25, 0.3) is 0 Å². The zero-order valence-electron chi connectivity index (χ0n) is 13.3. The summed E-state index contributed by atoms with van der Waals surface area (Å²) in [6.45, 7) is 1.82. The van der Waals surface area contributed by atoms with Crippen LogP contribution in [0.15, 0.2) is 17.1 Å². The van der Waals surface area contributed by atoms with Gasteiger partial charge >= 0.3 is 0 Å². The third-order valence-electron chi connectivity index (χ3n) is 3.15. The van der Waals surface area contributed by atoms with Crippen LogP contribution in [-0.4, -0.2) is 43.6 Å². The summed E-state index contributed by atoms with van der Waals surface area (Å²) in [5.41, 5.74) is 0.361. The number of aliphatic imine (C=N–C) groups is 1. The molecule has 8 heteroatoms. The summed E-state index contributed by atoms with van der Waals surface area (Å²) in [6, 6.07) is 2.98. The molecule has 0 bridgehead atoms. The Balaban J connectivity index is 2.27. The molecule has 0 spiro atoms. The van der Waals surface area contributed by atoms with Gasteiger partial charge in [-0.25, -0.2) is 0 Å². The molecule has 1 heterocycles. The standard InChI is InChI=1S/C15H18N2O5S/c1-8-5-12(18)17-15(16-8)23-14(19)9-6-10(20-2)13(22-4)11(7-9)21-3/h6-8H,5H2,1-4H3,(H,16,17,18). The quantitative estimate of drug-likeness (QED) is 0.902. The summed E-state index contributed by atoms with van der Waals surface area (Å²) in [6.07, 6.45) is 0.322. The van der Waals surface area contributed by atoms with Crippen LogP contribution in [0.1, 0.15) is 23.7 Å². The number of methoxy groups -OCH3 is 3. The molecule has 1 aliphatic rings. The molecule has 1 unspecified atom stereocenters. The monoisotopic (exact) mass is 338 g/mol. The predicted octanol–water partition coefficient (Wildman–Crippen LogP) is 1.85. The molecule has 0 radical (unpaired) electrons. The lowest BCUT2D eigenvalue weighted by Gasteiger charge is -2.17. The second-order valence-corrected chi connectivity index (χ2v) is 5.80. The van der Waals surface area contributed by atoms with E-state index in [-0.39, 0.29) is 17.1 Å². The summed E-state index contributed by atoms with van der Waals surface area (Å²) in [4.78, 5) is 28.2. The molecule has 1 aromatic carbocycles. The van der Waals surface area contributed by atoms with Crippen molar-refractivity contribution < 1.29 is 23.8 Å². The number of amidine groups is 1. The minimum Gasteiger partial charge on any atom is -0.493 e. The molecular formula is C15H18N2O5S. The molecule has 124 valence electrons. The highest BCUT2D eigenvalue weighted by Crippen LogP contribution is 2.39. The topological polar surface area (TPSA) is 86.2 Å². The van der Waals surface area contributed by atoms with E-state index in [1.807, 2.05) is 6.92 Å². The van der Waals surface area contributed by atoms with E-state index >= 15 is 0 Å². The molecule has 0 fully saturated rings. The van der Waals surface area contributed by atoms with E-state index < -0.39 is 0 Å². The number of nitrogens with one attached hydrogen (secondary N) is 1. The molecule has 2 rings (SSSR count). The van der Waals surface area contributed by atoms with Crippen molar-refractivity contribution in [2.45, 2.75) is 19.4 Å². The summed E-state index contributed by atoms with van der Waals surface area (Å²) in [5, 5.41) is 2.61. The maximum absolute atomic E-state index is 12.4. The molecule has 0 saturated heterocycles. The first kappa shape index (κ1) is 17.1. The van der Waals surface area contributed by atoms with Gasteiger partial charge in [0.1, 0.15) is 0 Å². The first-order valence-electron chi connectivity index (χ1n) is 6.88. The average Bonchev–Trinajstić information content (AvgIpc) is 2.52. The lowest BCUT2D eigenvalue weighted by molar-refractivity contribution is -0.120. The second kappa shape index (κ2) is 7.36. The molecule has 1 amide bonds. The van der Waals surface area contributed by atoms with E-state index in [1.165, 1.54) is 21.3 Å². The van der Waals surface area contributed by atoms with Crippen molar-refractivity contribution in [1.82, 2.24) is 5.32 Å². The van der Waals surface area contributed by atoms with Crippen LogP contribution in [0.4, 0.5) is 0 Å². The average molecular weight is 338 g/mol. The van der Waals surface area contributed by atoms with Crippen LogP contribution in [-0.2, 0) is 4.79 Å². The van der Waals surface area contributed by atoms with Gasteiger partial charge in [-0.05, 0) is 30.8 Å². The van der Waals surface area contributed by atoms with Crippen LogP contribution < -0.4 is 19.5 Å². The van der Waals surface area contributed by atoms with Crippen molar-refractivity contribution in [1.29, 1.82) is 0 Å². The van der Waals surface area contributed by atoms with Crippen molar-refractivity contribution in [3.63, 3.8) is 0 Å². The number of benzene rings is 1. The van der Waals surface area contributed by atoms with Gasteiger partial charge in [-0.3, -0.25) is 14.6 Å². The summed E-state index contributed by atoms with van der Waals surface area (Å²) < 4.78 is 15.7. The zero-order valence-corrected chi connectivity index (χ0v) is 14.2. The predicted molar refractivity (Wildman–Crippen MR) is 87.7 cm³/mol. The Morgan fingerprint density at radius 3 is 2.30 bits per heavy atom. The third-order valence-corrected chi connectivity index (χ3v) is 3.98. The number of hydrogen-bond donors (Lipinski definition) is 1. The fourth-order valence-corrected chi connectivity index (χ4v) is 2.92. The molecule has 0 aromatic heterocycles. The highest BCUT2D eigenvalue weighted by molar-refractivity contribution is 8.26. The van der Waals surface area contributed by atoms with Crippen LogP contribution in [0, 0.1) is 0 Å². The Labute approximate surface area is 138 Å². The van der Waals surface area contributed by atoms with Crippen LogP contribution in [0.2, 0.25) is 0 Å². The smallest absolute Gasteiger partial charge is 0.228 e. The van der Waals surface area contributed by atoms with Crippen molar-refractivity contribution in [2.24, 2.45) is 4.99 Å². The molecule has 7 nitrogen and oxygen atoms in total. The van der Waals surface area contributed by atoms with Gasteiger partial charge in [-0.1, -0.05) is 0 Å². The minimum absolute atomic E-state index is 0.140. The zero-order chi connectivity index (χ0) is 17.0.